The van der Waals surface area contributed by atoms with Crippen molar-refractivity contribution in [2.45, 2.75) is 84.2 Å². The molecule has 5 aliphatic rings. The van der Waals surface area contributed by atoms with Gasteiger partial charge in [0.2, 0.25) is 0 Å². The van der Waals surface area contributed by atoms with Crippen molar-refractivity contribution in [3.8, 4) is 0 Å². The Labute approximate surface area is 118 Å². The van der Waals surface area contributed by atoms with E-state index in [1.165, 1.54) is 57.8 Å². The van der Waals surface area contributed by atoms with E-state index in [0.717, 1.165) is 12.3 Å². The molecule has 1 N–H and O–H groups in total. The van der Waals surface area contributed by atoms with Gasteiger partial charge in [0.15, 0.2) is 0 Å². The molecule has 3 atom stereocenters. The fourth-order valence-corrected chi connectivity index (χ4v) is 7.35. The number of aliphatic hydroxyl groups excluding tert-OH is 1. The highest BCUT2D eigenvalue weighted by Crippen LogP contribution is 2.70. The van der Waals surface area contributed by atoms with Gasteiger partial charge in [-0.2, -0.15) is 0 Å². The van der Waals surface area contributed by atoms with E-state index < -0.39 is 0 Å². The molecule has 0 aromatic rings. The number of rotatable bonds is 3. The zero-order valence-electron chi connectivity index (χ0n) is 12.8. The van der Waals surface area contributed by atoms with Crippen LogP contribution < -0.4 is 0 Å². The van der Waals surface area contributed by atoms with E-state index in [9.17, 15) is 5.11 Å². The highest BCUT2D eigenvalue weighted by Gasteiger charge is 2.60. The summed E-state index contributed by atoms with van der Waals surface area (Å²) in [5.41, 5.74) is 1.72. The monoisotopic (exact) mass is 262 g/mol. The van der Waals surface area contributed by atoms with Gasteiger partial charge in [0, 0.05) is 0 Å². The third-order valence-electron chi connectivity index (χ3n) is 7.08. The van der Waals surface area contributed by atoms with Gasteiger partial charge in [0.25, 0.3) is 0 Å². The SMILES string of the molecule is CC12CC3CC(C)(C1)CC(CC(O)C1CCC1)(C3)C2. The van der Waals surface area contributed by atoms with Gasteiger partial charge in [-0.15, -0.1) is 0 Å². The Bertz CT molecular complexity index is 365. The first-order chi connectivity index (χ1) is 8.90. The molecule has 0 heterocycles. The largest absolute Gasteiger partial charge is 0.393 e. The summed E-state index contributed by atoms with van der Waals surface area (Å²) in [5, 5.41) is 10.6. The van der Waals surface area contributed by atoms with Gasteiger partial charge in [0.05, 0.1) is 6.10 Å². The second-order valence-corrected chi connectivity index (χ2v) is 9.59. The van der Waals surface area contributed by atoms with Crippen LogP contribution in [0, 0.1) is 28.1 Å². The Morgan fingerprint density at radius 1 is 1.00 bits per heavy atom. The molecule has 0 aromatic heterocycles. The summed E-state index contributed by atoms with van der Waals surface area (Å²) in [6.07, 6.45) is 13.7. The Hall–Kier alpha value is -0.0400. The van der Waals surface area contributed by atoms with Crippen LogP contribution in [0.2, 0.25) is 0 Å². The maximum absolute atomic E-state index is 10.6. The van der Waals surface area contributed by atoms with Crippen molar-refractivity contribution in [3.05, 3.63) is 0 Å². The van der Waals surface area contributed by atoms with E-state index in [2.05, 4.69) is 13.8 Å². The van der Waals surface area contributed by atoms with E-state index in [-0.39, 0.29) is 6.10 Å². The highest BCUT2D eigenvalue weighted by atomic mass is 16.3. The molecular weight excluding hydrogens is 232 g/mol. The second kappa shape index (κ2) is 3.78. The Morgan fingerprint density at radius 2 is 1.63 bits per heavy atom. The lowest BCUT2D eigenvalue weighted by Gasteiger charge is -2.66. The summed E-state index contributed by atoms with van der Waals surface area (Å²) in [6.45, 7) is 5.08. The van der Waals surface area contributed by atoms with Crippen LogP contribution in [0.5, 0.6) is 0 Å². The molecule has 1 nitrogen and oxygen atoms in total. The van der Waals surface area contributed by atoms with Crippen molar-refractivity contribution in [1.82, 2.24) is 0 Å². The van der Waals surface area contributed by atoms with Crippen LogP contribution in [0.15, 0.2) is 0 Å². The molecule has 108 valence electrons. The Morgan fingerprint density at radius 3 is 2.11 bits per heavy atom. The van der Waals surface area contributed by atoms with Gasteiger partial charge in [0.1, 0.15) is 0 Å². The van der Waals surface area contributed by atoms with E-state index in [1.54, 1.807) is 0 Å². The first-order valence-electron chi connectivity index (χ1n) is 8.58. The topological polar surface area (TPSA) is 20.2 Å². The van der Waals surface area contributed by atoms with Gasteiger partial charge < -0.3 is 5.11 Å². The molecule has 5 saturated carbocycles. The Kier molecular flexibility index (Phi) is 2.52. The quantitative estimate of drug-likeness (QED) is 0.792. The first-order valence-corrected chi connectivity index (χ1v) is 8.58. The fourth-order valence-electron chi connectivity index (χ4n) is 7.35. The summed E-state index contributed by atoms with van der Waals surface area (Å²) in [4.78, 5) is 0. The third kappa shape index (κ3) is 1.99. The minimum atomic E-state index is 0.0113. The minimum Gasteiger partial charge on any atom is -0.393 e. The van der Waals surface area contributed by atoms with Crippen LogP contribution >= 0.6 is 0 Å². The molecule has 19 heavy (non-hydrogen) atoms. The van der Waals surface area contributed by atoms with Crippen molar-refractivity contribution >= 4 is 0 Å². The molecule has 0 aliphatic heterocycles. The van der Waals surface area contributed by atoms with Crippen LogP contribution in [0.4, 0.5) is 0 Å². The number of hydrogen-bond acceptors (Lipinski definition) is 1. The van der Waals surface area contributed by atoms with E-state index >= 15 is 0 Å². The average Bonchev–Trinajstić information content (AvgIpc) is 2.05. The first kappa shape index (κ1) is 12.7. The fraction of sp³-hybridized carbons (Fsp3) is 1.00. The van der Waals surface area contributed by atoms with Crippen molar-refractivity contribution in [2.24, 2.45) is 28.1 Å². The van der Waals surface area contributed by atoms with Crippen molar-refractivity contribution < 1.29 is 5.11 Å². The molecule has 1 heteroatoms. The van der Waals surface area contributed by atoms with Crippen molar-refractivity contribution in [1.29, 1.82) is 0 Å². The molecular formula is C18H30O. The lowest BCUT2D eigenvalue weighted by Crippen LogP contribution is -2.56. The maximum Gasteiger partial charge on any atom is 0.0573 e. The summed E-state index contributed by atoms with van der Waals surface area (Å²) in [5.74, 6) is 1.62. The molecule has 0 saturated heterocycles. The van der Waals surface area contributed by atoms with Crippen LogP contribution in [0.25, 0.3) is 0 Å². The van der Waals surface area contributed by atoms with E-state index in [4.69, 9.17) is 0 Å². The minimum absolute atomic E-state index is 0.0113. The number of hydrogen-bond donors (Lipinski definition) is 1. The molecule has 5 aliphatic carbocycles. The molecule has 0 aromatic carbocycles. The average molecular weight is 262 g/mol. The highest BCUT2D eigenvalue weighted by molar-refractivity contribution is 5.10. The number of aliphatic hydroxyl groups is 1. The summed E-state index contributed by atoms with van der Waals surface area (Å²) in [7, 11) is 0. The lowest BCUT2D eigenvalue weighted by atomic mass is 9.39. The van der Waals surface area contributed by atoms with E-state index in [1.807, 2.05) is 0 Å². The summed E-state index contributed by atoms with van der Waals surface area (Å²) in [6, 6.07) is 0. The normalized spacial score (nSPS) is 54.2. The van der Waals surface area contributed by atoms with Crippen LogP contribution in [-0.4, -0.2) is 11.2 Å². The lowest BCUT2D eigenvalue weighted by molar-refractivity contribution is -0.161. The predicted molar refractivity (Wildman–Crippen MR) is 77.8 cm³/mol. The Balaban J connectivity index is 1.56. The molecule has 0 spiro atoms. The van der Waals surface area contributed by atoms with Crippen molar-refractivity contribution in [3.63, 3.8) is 0 Å². The summed E-state index contributed by atoms with van der Waals surface area (Å²) < 4.78 is 0. The summed E-state index contributed by atoms with van der Waals surface area (Å²) >= 11 is 0. The molecule has 3 unspecified atom stereocenters. The molecule has 5 rings (SSSR count). The van der Waals surface area contributed by atoms with Gasteiger partial charge in [-0.25, -0.2) is 0 Å². The van der Waals surface area contributed by atoms with Gasteiger partial charge in [-0.05, 0) is 85.9 Å². The third-order valence-corrected chi connectivity index (χ3v) is 7.08. The predicted octanol–water partition coefficient (Wildman–Crippen LogP) is 4.53. The van der Waals surface area contributed by atoms with Crippen LogP contribution in [0.1, 0.15) is 78.1 Å². The zero-order valence-corrected chi connectivity index (χ0v) is 12.8. The van der Waals surface area contributed by atoms with E-state index in [0.29, 0.717) is 22.2 Å². The van der Waals surface area contributed by atoms with Gasteiger partial charge in [-0.3, -0.25) is 0 Å². The second-order valence-electron chi connectivity index (χ2n) is 9.59. The molecule has 0 amide bonds. The van der Waals surface area contributed by atoms with Gasteiger partial charge in [-0.1, -0.05) is 20.3 Å². The smallest absolute Gasteiger partial charge is 0.0573 e. The van der Waals surface area contributed by atoms with Crippen molar-refractivity contribution in [2.75, 3.05) is 0 Å². The maximum atomic E-state index is 10.6. The zero-order chi connectivity index (χ0) is 13.3. The molecule has 4 bridgehead atoms. The standard InChI is InChI=1S/C18H30O/c1-16-6-13-7-17(2,10-16)12-18(8-13,11-16)9-15(19)14-4-3-5-14/h13-15,19H,3-12H2,1-2H3. The van der Waals surface area contributed by atoms with Gasteiger partial charge >= 0.3 is 0 Å². The molecule has 0 radical (unpaired) electrons. The van der Waals surface area contributed by atoms with Crippen LogP contribution in [0.3, 0.4) is 0 Å². The molecule has 5 fully saturated rings. The van der Waals surface area contributed by atoms with Crippen LogP contribution in [-0.2, 0) is 0 Å².